The number of nitrogens with one attached hydrogen (secondary N) is 1. The van der Waals surface area contributed by atoms with Crippen LogP contribution in [-0.2, 0) is 11.2 Å². The number of methoxy groups -OCH3 is 3. The first-order valence-electron chi connectivity index (χ1n) is 8.22. The van der Waals surface area contributed by atoms with Gasteiger partial charge in [-0.1, -0.05) is 18.2 Å². The summed E-state index contributed by atoms with van der Waals surface area (Å²) in [5, 5.41) is 3.02. The molecule has 2 rings (SSSR count). The molecule has 1 atom stereocenters. The quantitative estimate of drug-likeness (QED) is 0.797. The van der Waals surface area contributed by atoms with Crippen LogP contribution in [0.2, 0.25) is 0 Å². The predicted octanol–water partition coefficient (Wildman–Crippen LogP) is 3.52. The van der Waals surface area contributed by atoms with E-state index in [1.54, 1.807) is 21.3 Å². The lowest BCUT2D eigenvalue weighted by Gasteiger charge is -2.16. The van der Waals surface area contributed by atoms with Crippen LogP contribution < -0.4 is 19.5 Å². The zero-order valence-corrected chi connectivity index (χ0v) is 15.2. The summed E-state index contributed by atoms with van der Waals surface area (Å²) in [6.07, 6.45) is 0.908. The van der Waals surface area contributed by atoms with E-state index in [2.05, 4.69) is 5.32 Å². The van der Waals surface area contributed by atoms with Gasteiger partial charge in [0, 0.05) is 12.0 Å². The summed E-state index contributed by atoms with van der Waals surface area (Å²) in [6.45, 7) is 1.96. The second-order valence-electron chi connectivity index (χ2n) is 5.70. The maximum atomic E-state index is 12.3. The average molecular weight is 343 g/mol. The van der Waals surface area contributed by atoms with E-state index in [1.165, 1.54) is 0 Å². The molecule has 0 spiro atoms. The zero-order chi connectivity index (χ0) is 18.2. The first-order chi connectivity index (χ1) is 12.1. The van der Waals surface area contributed by atoms with Crippen LogP contribution in [0.3, 0.4) is 0 Å². The minimum atomic E-state index is -0.0713. The Bertz CT molecular complexity index is 675. The standard InChI is InChI=1S/C20H25NO4/c1-14(15-8-10-16(23-2)11-9-15)21-20(22)13-12-17-18(24-3)6-5-7-19(17)25-4/h5-11,14H,12-13H2,1-4H3,(H,21,22). The van der Waals surface area contributed by atoms with Crippen LogP contribution >= 0.6 is 0 Å². The highest BCUT2D eigenvalue weighted by molar-refractivity contribution is 5.77. The normalized spacial score (nSPS) is 11.5. The maximum Gasteiger partial charge on any atom is 0.220 e. The molecule has 0 heterocycles. The molecule has 5 nitrogen and oxygen atoms in total. The summed E-state index contributed by atoms with van der Waals surface area (Å²) in [7, 11) is 4.86. The van der Waals surface area contributed by atoms with E-state index in [0.717, 1.165) is 28.4 Å². The van der Waals surface area contributed by atoms with Crippen LogP contribution in [0.5, 0.6) is 17.2 Å². The number of benzene rings is 2. The smallest absolute Gasteiger partial charge is 0.220 e. The summed E-state index contributed by atoms with van der Waals surface area (Å²) < 4.78 is 15.9. The molecule has 0 fully saturated rings. The maximum absolute atomic E-state index is 12.3. The van der Waals surface area contributed by atoms with E-state index in [0.29, 0.717) is 12.8 Å². The van der Waals surface area contributed by atoms with E-state index >= 15 is 0 Å². The summed E-state index contributed by atoms with van der Waals surface area (Å²) in [5.74, 6) is 2.24. The first kappa shape index (κ1) is 18.6. The van der Waals surface area contributed by atoms with Gasteiger partial charge >= 0.3 is 0 Å². The van der Waals surface area contributed by atoms with Crippen LogP contribution in [-0.4, -0.2) is 27.2 Å². The van der Waals surface area contributed by atoms with Crippen molar-refractivity contribution in [1.82, 2.24) is 5.32 Å². The van der Waals surface area contributed by atoms with Gasteiger partial charge in [-0.3, -0.25) is 4.79 Å². The van der Waals surface area contributed by atoms with Crippen LogP contribution in [0.15, 0.2) is 42.5 Å². The molecule has 2 aromatic rings. The topological polar surface area (TPSA) is 56.8 Å². The number of rotatable bonds is 8. The Labute approximate surface area is 148 Å². The first-order valence-corrected chi connectivity index (χ1v) is 8.22. The van der Waals surface area contributed by atoms with Crippen molar-refractivity contribution in [3.8, 4) is 17.2 Å². The monoisotopic (exact) mass is 343 g/mol. The predicted molar refractivity (Wildman–Crippen MR) is 97.4 cm³/mol. The Hall–Kier alpha value is -2.69. The Kier molecular flexibility index (Phi) is 6.69. The van der Waals surface area contributed by atoms with E-state index in [1.807, 2.05) is 49.4 Å². The number of carbonyl (C=O) groups is 1. The molecule has 25 heavy (non-hydrogen) atoms. The highest BCUT2D eigenvalue weighted by Crippen LogP contribution is 2.29. The molecule has 2 aromatic carbocycles. The van der Waals surface area contributed by atoms with Crippen molar-refractivity contribution in [2.75, 3.05) is 21.3 Å². The Morgan fingerprint density at radius 2 is 1.56 bits per heavy atom. The van der Waals surface area contributed by atoms with Crippen molar-refractivity contribution < 1.29 is 19.0 Å². The molecule has 1 N–H and O–H groups in total. The van der Waals surface area contributed by atoms with Crippen molar-refractivity contribution in [3.05, 3.63) is 53.6 Å². The Balaban J connectivity index is 1.96. The van der Waals surface area contributed by atoms with Gasteiger partial charge < -0.3 is 19.5 Å². The SMILES string of the molecule is COc1ccc(C(C)NC(=O)CCc2c(OC)cccc2OC)cc1. The highest BCUT2D eigenvalue weighted by Gasteiger charge is 2.14. The van der Waals surface area contributed by atoms with E-state index in [9.17, 15) is 4.79 Å². The number of amides is 1. The van der Waals surface area contributed by atoms with Gasteiger partial charge in [-0.05, 0) is 43.2 Å². The fourth-order valence-corrected chi connectivity index (χ4v) is 2.70. The van der Waals surface area contributed by atoms with Crippen molar-refractivity contribution in [1.29, 1.82) is 0 Å². The van der Waals surface area contributed by atoms with Gasteiger partial charge in [-0.25, -0.2) is 0 Å². The van der Waals surface area contributed by atoms with Crippen LogP contribution in [0, 0.1) is 0 Å². The molecule has 134 valence electrons. The number of hydrogen-bond donors (Lipinski definition) is 1. The average Bonchev–Trinajstić information content (AvgIpc) is 2.65. The molecular weight excluding hydrogens is 318 g/mol. The molecule has 0 saturated carbocycles. The molecule has 0 aromatic heterocycles. The fourth-order valence-electron chi connectivity index (χ4n) is 2.70. The van der Waals surface area contributed by atoms with Gasteiger partial charge in [0.2, 0.25) is 5.91 Å². The van der Waals surface area contributed by atoms with E-state index < -0.39 is 0 Å². The van der Waals surface area contributed by atoms with Crippen LogP contribution in [0.1, 0.15) is 30.5 Å². The van der Waals surface area contributed by atoms with Crippen molar-refractivity contribution in [2.24, 2.45) is 0 Å². The molecule has 0 bridgehead atoms. The van der Waals surface area contributed by atoms with E-state index in [4.69, 9.17) is 14.2 Å². The second kappa shape index (κ2) is 8.97. The Morgan fingerprint density at radius 3 is 2.08 bits per heavy atom. The third-order valence-electron chi connectivity index (χ3n) is 4.13. The van der Waals surface area contributed by atoms with Gasteiger partial charge in [0.15, 0.2) is 0 Å². The summed E-state index contributed by atoms with van der Waals surface area (Å²) in [5.41, 5.74) is 1.93. The summed E-state index contributed by atoms with van der Waals surface area (Å²) in [6, 6.07) is 13.2. The molecule has 0 saturated heterocycles. The molecule has 0 radical (unpaired) electrons. The van der Waals surface area contributed by atoms with Gasteiger partial charge in [-0.15, -0.1) is 0 Å². The summed E-state index contributed by atoms with van der Waals surface area (Å²) in [4.78, 5) is 12.3. The number of ether oxygens (including phenoxy) is 3. The highest BCUT2D eigenvalue weighted by atomic mass is 16.5. The lowest BCUT2D eigenvalue weighted by Crippen LogP contribution is -2.26. The fraction of sp³-hybridized carbons (Fsp3) is 0.350. The number of hydrogen-bond acceptors (Lipinski definition) is 4. The lowest BCUT2D eigenvalue weighted by atomic mass is 10.1. The summed E-state index contributed by atoms with van der Waals surface area (Å²) >= 11 is 0. The van der Waals surface area contributed by atoms with Crippen LogP contribution in [0.25, 0.3) is 0 Å². The van der Waals surface area contributed by atoms with Crippen LogP contribution in [0.4, 0.5) is 0 Å². The third-order valence-corrected chi connectivity index (χ3v) is 4.13. The van der Waals surface area contributed by atoms with Gasteiger partial charge in [0.25, 0.3) is 0 Å². The van der Waals surface area contributed by atoms with Gasteiger partial charge in [0.05, 0.1) is 27.4 Å². The molecule has 0 aliphatic carbocycles. The van der Waals surface area contributed by atoms with Crippen molar-refractivity contribution in [2.45, 2.75) is 25.8 Å². The van der Waals surface area contributed by atoms with Gasteiger partial charge in [-0.2, -0.15) is 0 Å². The number of carbonyl (C=O) groups excluding carboxylic acids is 1. The molecule has 1 amide bonds. The van der Waals surface area contributed by atoms with Crippen molar-refractivity contribution >= 4 is 5.91 Å². The molecule has 5 heteroatoms. The third kappa shape index (κ3) is 4.89. The van der Waals surface area contributed by atoms with Crippen molar-refractivity contribution in [3.63, 3.8) is 0 Å². The zero-order valence-electron chi connectivity index (χ0n) is 15.2. The van der Waals surface area contributed by atoms with Gasteiger partial charge in [0.1, 0.15) is 17.2 Å². The largest absolute Gasteiger partial charge is 0.497 e. The molecule has 0 aliphatic rings. The lowest BCUT2D eigenvalue weighted by molar-refractivity contribution is -0.121. The molecule has 1 unspecified atom stereocenters. The van der Waals surface area contributed by atoms with E-state index in [-0.39, 0.29) is 11.9 Å². The molecule has 0 aliphatic heterocycles. The molecular formula is C20H25NO4. The Morgan fingerprint density at radius 1 is 0.960 bits per heavy atom. The second-order valence-corrected chi connectivity index (χ2v) is 5.70. The minimum Gasteiger partial charge on any atom is -0.497 e. The minimum absolute atomic E-state index is 0.0173.